The molecule has 128 valence electrons. The van der Waals surface area contributed by atoms with E-state index in [0.29, 0.717) is 31.2 Å². The van der Waals surface area contributed by atoms with Crippen LogP contribution in [0.25, 0.3) is 0 Å². The van der Waals surface area contributed by atoms with E-state index in [1.165, 1.54) is 6.33 Å². The Morgan fingerprint density at radius 1 is 1.25 bits per heavy atom. The summed E-state index contributed by atoms with van der Waals surface area (Å²) in [7, 11) is 1.63. The highest BCUT2D eigenvalue weighted by atomic mass is 35.5. The van der Waals surface area contributed by atoms with Crippen molar-refractivity contribution in [2.24, 2.45) is 0 Å². The van der Waals surface area contributed by atoms with Gasteiger partial charge in [0.2, 0.25) is 0 Å². The molecule has 0 unspecified atom stereocenters. The van der Waals surface area contributed by atoms with Crippen LogP contribution in [0.15, 0.2) is 36.7 Å². The maximum absolute atomic E-state index is 12.0. The molecule has 2 rings (SSSR count). The van der Waals surface area contributed by atoms with E-state index in [0.717, 1.165) is 23.4 Å². The third-order valence-corrected chi connectivity index (χ3v) is 3.55. The molecule has 7 heteroatoms. The number of ether oxygens (including phenoxy) is 1. The Morgan fingerprint density at radius 2 is 2.12 bits per heavy atom. The zero-order chi connectivity index (χ0) is 17.2. The Morgan fingerprint density at radius 3 is 2.92 bits per heavy atom. The van der Waals surface area contributed by atoms with Crippen molar-refractivity contribution in [3.8, 4) is 0 Å². The quantitative estimate of drug-likeness (QED) is 0.681. The van der Waals surface area contributed by atoms with Crippen LogP contribution in [0.3, 0.4) is 0 Å². The molecule has 0 saturated heterocycles. The van der Waals surface area contributed by atoms with Gasteiger partial charge in [-0.3, -0.25) is 4.79 Å². The molecule has 2 N–H and O–H groups in total. The summed E-state index contributed by atoms with van der Waals surface area (Å²) in [6, 6.07) is 9.37. The molecule has 0 aliphatic heterocycles. The minimum Gasteiger partial charge on any atom is -0.385 e. The van der Waals surface area contributed by atoms with Gasteiger partial charge in [-0.2, -0.15) is 0 Å². The summed E-state index contributed by atoms with van der Waals surface area (Å²) in [5.74, 6) is 0.403. The summed E-state index contributed by atoms with van der Waals surface area (Å²) in [6.07, 6.45) is 2.95. The van der Waals surface area contributed by atoms with E-state index in [-0.39, 0.29) is 5.91 Å². The van der Waals surface area contributed by atoms with Gasteiger partial charge in [0.15, 0.2) is 0 Å². The normalized spacial score (nSPS) is 10.4. The minimum absolute atomic E-state index is 0.216. The SMILES string of the molecule is COCCCNC(=O)c1cc(NCCc2cccc(Cl)c2)ncn1. The lowest BCUT2D eigenvalue weighted by atomic mass is 10.1. The van der Waals surface area contributed by atoms with Gasteiger partial charge in [0.25, 0.3) is 5.91 Å². The lowest BCUT2D eigenvalue weighted by Crippen LogP contribution is -2.26. The van der Waals surface area contributed by atoms with E-state index in [1.807, 2.05) is 24.3 Å². The molecule has 1 aromatic heterocycles. The number of carbonyl (C=O) groups excluding carboxylic acids is 1. The fraction of sp³-hybridized carbons (Fsp3) is 0.353. The Bertz CT molecular complexity index is 667. The second-order valence-corrected chi connectivity index (χ2v) is 5.63. The van der Waals surface area contributed by atoms with Crippen molar-refractivity contribution in [1.29, 1.82) is 0 Å². The Labute approximate surface area is 146 Å². The van der Waals surface area contributed by atoms with Crippen LogP contribution in [-0.4, -0.2) is 42.7 Å². The van der Waals surface area contributed by atoms with Gasteiger partial charge >= 0.3 is 0 Å². The van der Waals surface area contributed by atoms with E-state index in [9.17, 15) is 4.79 Å². The molecule has 0 spiro atoms. The first-order valence-electron chi connectivity index (χ1n) is 7.76. The van der Waals surface area contributed by atoms with Gasteiger partial charge in [-0.05, 0) is 30.5 Å². The summed E-state index contributed by atoms with van der Waals surface area (Å²) in [4.78, 5) is 20.1. The second kappa shape index (κ2) is 9.85. The zero-order valence-electron chi connectivity index (χ0n) is 13.6. The molecular weight excluding hydrogens is 328 g/mol. The second-order valence-electron chi connectivity index (χ2n) is 5.20. The largest absolute Gasteiger partial charge is 0.385 e. The number of amides is 1. The van der Waals surface area contributed by atoms with E-state index in [2.05, 4.69) is 20.6 Å². The molecule has 0 saturated carbocycles. The molecule has 24 heavy (non-hydrogen) atoms. The summed E-state index contributed by atoms with van der Waals surface area (Å²) in [6.45, 7) is 1.85. The fourth-order valence-electron chi connectivity index (χ4n) is 2.11. The topological polar surface area (TPSA) is 76.1 Å². The van der Waals surface area contributed by atoms with Crippen LogP contribution < -0.4 is 10.6 Å². The molecule has 2 aromatic rings. The van der Waals surface area contributed by atoms with E-state index >= 15 is 0 Å². The first-order valence-corrected chi connectivity index (χ1v) is 8.14. The van der Waals surface area contributed by atoms with Crippen LogP contribution >= 0.6 is 11.6 Å². The third kappa shape index (κ3) is 6.14. The number of rotatable bonds is 9. The van der Waals surface area contributed by atoms with Crippen molar-refractivity contribution >= 4 is 23.3 Å². The maximum Gasteiger partial charge on any atom is 0.270 e. The molecule has 0 atom stereocenters. The Kier molecular flexibility index (Phi) is 7.45. The van der Waals surface area contributed by atoms with Gasteiger partial charge in [-0.1, -0.05) is 23.7 Å². The van der Waals surface area contributed by atoms with Crippen LogP contribution in [-0.2, 0) is 11.2 Å². The minimum atomic E-state index is -0.216. The molecule has 0 aliphatic carbocycles. The number of methoxy groups -OCH3 is 1. The number of benzene rings is 1. The highest BCUT2D eigenvalue weighted by molar-refractivity contribution is 6.30. The summed E-state index contributed by atoms with van der Waals surface area (Å²) >= 11 is 5.96. The molecule has 1 amide bonds. The number of anilines is 1. The van der Waals surface area contributed by atoms with Crippen molar-refractivity contribution < 1.29 is 9.53 Å². The summed E-state index contributed by atoms with van der Waals surface area (Å²) in [5, 5.41) is 6.71. The summed E-state index contributed by atoms with van der Waals surface area (Å²) in [5.41, 5.74) is 1.48. The maximum atomic E-state index is 12.0. The summed E-state index contributed by atoms with van der Waals surface area (Å²) < 4.78 is 4.94. The van der Waals surface area contributed by atoms with Gasteiger partial charge in [0, 0.05) is 37.9 Å². The molecule has 0 bridgehead atoms. The highest BCUT2D eigenvalue weighted by Crippen LogP contribution is 2.11. The molecular formula is C17H21ClN4O2. The van der Waals surface area contributed by atoms with Crippen LogP contribution in [0.4, 0.5) is 5.82 Å². The Hall–Kier alpha value is -2.18. The van der Waals surface area contributed by atoms with Gasteiger partial charge < -0.3 is 15.4 Å². The van der Waals surface area contributed by atoms with Crippen molar-refractivity contribution in [2.45, 2.75) is 12.8 Å². The molecule has 0 aliphatic rings. The smallest absolute Gasteiger partial charge is 0.270 e. The van der Waals surface area contributed by atoms with Crippen molar-refractivity contribution in [2.75, 3.05) is 32.1 Å². The third-order valence-electron chi connectivity index (χ3n) is 3.32. The number of nitrogens with zero attached hydrogens (tertiary/aromatic N) is 2. The van der Waals surface area contributed by atoms with Crippen LogP contribution in [0.1, 0.15) is 22.5 Å². The first kappa shape index (κ1) is 18.2. The van der Waals surface area contributed by atoms with Gasteiger partial charge in [0.1, 0.15) is 17.8 Å². The first-order chi connectivity index (χ1) is 11.7. The van der Waals surface area contributed by atoms with Crippen molar-refractivity contribution in [3.63, 3.8) is 0 Å². The molecule has 1 heterocycles. The predicted molar refractivity (Wildman–Crippen MR) is 94.5 cm³/mol. The highest BCUT2D eigenvalue weighted by Gasteiger charge is 2.08. The Balaban J connectivity index is 1.82. The number of hydrogen-bond acceptors (Lipinski definition) is 5. The van der Waals surface area contributed by atoms with Crippen LogP contribution in [0, 0.1) is 0 Å². The number of halogens is 1. The standard InChI is InChI=1S/C17H21ClN4O2/c1-24-9-3-7-20-17(23)15-11-16(22-12-21-15)19-8-6-13-4-2-5-14(18)10-13/h2,4-5,10-12H,3,6-9H2,1H3,(H,20,23)(H,19,21,22). The van der Waals surface area contributed by atoms with Crippen LogP contribution in [0.2, 0.25) is 5.02 Å². The van der Waals surface area contributed by atoms with Crippen molar-refractivity contribution in [1.82, 2.24) is 15.3 Å². The van der Waals surface area contributed by atoms with Gasteiger partial charge in [-0.25, -0.2) is 9.97 Å². The average Bonchev–Trinajstić information content (AvgIpc) is 2.59. The lowest BCUT2D eigenvalue weighted by Gasteiger charge is -2.08. The zero-order valence-corrected chi connectivity index (χ0v) is 14.3. The van der Waals surface area contributed by atoms with Crippen LogP contribution in [0.5, 0.6) is 0 Å². The van der Waals surface area contributed by atoms with Gasteiger partial charge in [0.05, 0.1) is 0 Å². The van der Waals surface area contributed by atoms with Gasteiger partial charge in [-0.15, -0.1) is 0 Å². The predicted octanol–water partition coefficient (Wildman–Crippen LogP) is 2.55. The lowest BCUT2D eigenvalue weighted by molar-refractivity contribution is 0.0943. The number of nitrogens with one attached hydrogen (secondary N) is 2. The average molecular weight is 349 g/mol. The fourth-order valence-corrected chi connectivity index (χ4v) is 2.33. The molecule has 0 fully saturated rings. The molecule has 6 nitrogen and oxygen atoms in total. The van der Waals surface area contributed by atoms with E-state index in [4.69, 9.17) is 16.3 Å². The van der Waals surface area contributed by atoms with Crippen molar-refractivity contribution in [3.05, 3.63) is 52.9 Å². The van der Waals surface area contributed by atoms with E-state index < -0.39 is 0 Å². The number of carbonyl (C=O) groups is 1. The molecule has 0 radical (unpaired) electrons. The number of aromatic nitrogens is 2. The monoisotopic (exact) mass is 348 g/mol. The number of hydrogen-bond donors (Lipinski definition) is 2. The van der Waals surface area contributed by atoms with E-state index in [1.54, 1.807) is 13.2 Å². The molecule has 1 aromatic carbocycles.